The maximum atomic E-state index is 13.1. The van der Waals surface area contributed by atoms with Crippen LogP contribution in [-0.2, 0) is 21.0 Å². The summed E-state index contributed by atoms with van der Waals surface area (Å²) < 4.78 is 66.2. The minimum absolute atomic E-state index is 0.108. The first-order valence-corrected chi connectivity index (χ1v) is 14.1. The van der Waals surface area contributed by atoms with Crippen LogP contribution in [0.1, 0.15) is 28.8 Å². The summed E-state index contributed by atoms with van der Waals surface area (Å²) in [6, 6.07) is 10.2. The number of hydrogen-bond donors (Lipinski definition) is 2. The number of sulfonamides is 1. The number of alkyl halides is 3. The molecule has 1 aromatic heterocycles. The highest BCUT2D eigenvalue weighted by Crippen LogP contribution is 2.35. The minimum atomic E-state index is -4.61. The first-order chi connectivity index (χ1) is 17.5. The van der Waals surface area contributed by atoms with Crippen molar-refractivity contribution in [3.8, 4) is 0 Å². The van der Waals surface area contributed by atoms with Gasteiger partial charge in [-0.15, -0.1) is 10.2 Å². The minimum Gasteiger partial charge on any atom is -0.325 e. The van der Waals surface area contributed by atoms with Gasteiger partial charge >= 0.3 is 6.18 Å². The molecule has 0 bridgehead atoms. The Morgan fingerprint density at radius 1 is 1.00 bits per heavy atom. The zero-order valence-electron chi connectivity index (χ0n) is 19.0. The average Bonchev–Trinajstić information content (AvgIpc) is 3.55. The molecule has 0 saturated carbocycles. The van der Waals surface area contributed by atoms with Crippen LogP contribution in [0.15, 0.2) is 57.8 Å². The van der Waals surface area contributed by atoms with Crippen molar-refractivity contribution in [3.05, 3.63) is 59.7 Å². The highest BCUT2D eigenvalue weighted by Gasteiger charge is 2.33. The van der Waals surface area contributed by atoms with Gasteiger partial charge in [0.05, 0.1) is 21.9 Å². The predicted molar refractivity (Wildman–Crippen MR) is 133 cm³/mol. The van der Waals surface area contributed by atoms with Gasteiger partial charge in [0.2, 0.25) is 21.1 Å². The van der Waals surface area contributed by atoms with Gasteiger partial charge in [-0.05, 0) is 49.2 Å². The summed E-state index contributed by atoms with van der Waals surface area (Å²) >= 11 is 1.93. The van der Waals surface area contributed by atoms with E-state index < -0.39 is 33.6 Å². The molecule has 2 aromatic carbocycles. The van der Waals surface area contributed by atoms with Crippen LogP contribution in [0.5, 0.6) is 0 Å². The van der Waals surface area contributed by atoms with Crippen LogP contribution in [0.2, 0.25) is 0 Å². The summed E-state index contributed by atoms with van der Waals surface area (Å²) in [6.07, 6.45) is -2.97. The Balaban J connectivity index is 1.31. The van der Waals surface area contributed by atoms with Crippen molar-refractivity contribution < 1.29 is 31.2 Å². The Hall–Kier alpha value is -3.01. The standard InChI is InChI=1S/C22H20F3N5O4S3/c23-22(24,25)16-5-1-2-6-17(16)26-18(31)13-35-21-29-28-20(36-21)27-19(32)14-7-9-15(10-8-14)37(33,34)30-11-3-4-12-30/h1-2,5-10H,3-4,11-13H2,(H,26,31)(H,27,28,32). The lowest BCUT2D eigenvalue weighted by atomic mass is 10.1. The van der Waals surface area contributed by atoms with Gasteiger partial charge < -0.3 is 5.32 Å². The molecule has 196 valence electrons. The van der Waals surface area contributed by atoms with E-state index in [2.05, 4.69) is 20.8 Å². The number of para-hydroxylation sites is 1. The molecule has 0 radical (unpaired) electrons. The molecule has 0 unspecified atom stereocenters. The summed E-state index contributed by atoms with van der Waals surface area (Å²) in [4.78, 5) is 24.8. The van der Waals surface area contributed by atoms with Crippen LogP contribution in [0.3, 0.4) is 0 Å². The number of nitrogens with zero attached hydrogens (tertiary/aromatic N) is 3. The van der Waals surface area contributed by atoms with Crippen LogP contribution in [0.25, 0.3) is 0 Å². The summed E-state index contributed by atoms with van der Waals surface area (Å²) in [6.45, 7) is 0.953. The molecule has 0 atom stereocenters. The molecule has 15 heteroatoms. The van der Waals surface area contributed by atoms with E-state index in [0.717, 1.165) is 42.0 Å². The lowest BCUT2D eigenvalue weighted by Crippen LogP contribution is -2.27. The number of aromatic nitrogens is 2. The van der Waals surface area contributed by atoms with Gasteiger partial charge in [-0.25, -0.2) is 8.42 Å². The number of anilines is 2. The fourth-order valence-corrected chi connectivity index (χ4v) is 6.56. The lowest BCUT2D eigenvalue weighted by molar-refractivity contribution is -0.137. The largest absolute Gasteiger partial charge is 0.418 e. The van der Waals surface area contributed by atoms with Crippen molar-refractivity contribution in [1.82, 2.24) is 14.5 Å². The van der Waals surface area contributed by atoms with Crippen molar-refractivity contribution in [3.63, 3.8) is 0 Å². The van der Waals surface area contributed by atoms with Crippen LogP contribution < -0.4 is 10.6 Å². The molecule has 1 fully saturated rings. The fourth-order valence-electron chi connectivity index (χ4n) is 3.50. The van der Waals surface area contributed by atoms with E-state index >= 15 is 0 Å². The average molecular weight is 572 g/mol. The Bertz CT molecular complexity index is 1390. The molecule has 9 nitrogen and oxygen atoms in total. The molecule has 0 spiro atoms. The van der Waals surface area contributed by atoms with E-state index in [0.29, 0.717) is 17.4 Å². The predicted octanol–water partition coefficient (Wildman–Crippen LogP) is 4.32. The number of amides is 2. The SMILES string of the molecule is O=C(CSc1nnc(NC(=O)c2ccc(S(=O)(=O)N3CCCC3)cc2)s1)Nc1ccccc1C(F)(F)F. The molecule has 37 heavy (non-hydrogen) atoms. The van der Waals surface area contributed by atoms with Crippen LogP contribution >= 0.6 is 23.1 Å². The molecule has 2 heterocycles. The number of halogens is 3. The number of rotatable bonds is 8. The van der Waals surface area contributed by atoms with Crippen LogP contribution in [0.4, 0.5) is 24.0 Å². The molecule has 3 aromatic rings. The van der Waals surface area contributed by atoms with E-state index in [1.807, 2.05) is 0 Å². The lowest BCUT2D eigenvalue weighted by Gasteiger charge is -2.15. The molecule has 1 aliphatic rings. The number of carbonyl (C=O) groups excluding carboxylic acids is 2. The number of benzene rings is 2. The fraction of sp³-hybridized carbons (Fsp3) is 0.273. The highest BCUT2D eigenvalue weighted by molar-refractivity contribution is 8.01. The van der Waals surface area contributed by atoms with E-state index in [-0.39, 0.29) is 27.0 Å². The monoisotopic (exact) mass is 571 g/mol. The van der Waals surface area contributed by atoms with Gasteiger partial charge in [0, 0.05) is 18.7 Å². The second kappa shape index (κ2) is 11.2. The highest BCUT2D eigenvalue weighted by atomic mass is 32.2. The Labute approximate surface area is 218 Å². The molecule has 1 saturated heterocycles. The topological polar surface area (TPSA) is 121 Å². The summed E-state index contributed by atoms with van der Waals surface area (Å²) in [5.41, 5.74) is -1.08. The van der Waals surface area contributed by atoms with Gasteiger partial charge in [0.1, 0.15) is 0 Å². The van der Waals surface area contributed by atoms with Gasteiger partial charge in [-0.1, -0.05) is 35.2 Å². The number of thioether (sulfide) groups is 1. The third-order valence-corrected chi connectivity index (χ3v) is 9.16. The zero-order chi connectivity index (χ0) is 26.6. The quantitative estimate of drug-likeness (QED) is 0.305. The van der Waals surface area contributed by atoms with Crippen molar-refractivity contribution in [2.24, 2.45) is 0 Å². The number of carbonyl (C=O) groups is 2. The first kappa shape index (κ1) is 27.0. The third kappa shape index (κ3) is 6.66. The van der Waals surface area contributed by atoms with Crippen LogP contribution in [0, 0.1) is 0 Å². The van der Waals surface area contributed by atoms with Crippen molar-refractivity contribution in [2.45, 2.75) is 28.3 Å². The maximum Gasteiger partial charge on any atom is 0.418 e. The van der Waals surface area contributed by atoms with Gasteiger partial charge in [-0.3, -0.25) is 14.9 Å². The molecule has 4 rings (SSSR count). The Morgan fingerprint density at radius 3 is 2.35 bits per heavy atom. The van der Waals surface area contributed by atoms with E-state index in [1.165, 1.54) is 46.8 Å². The Kier molecular flexibility index (Phi) is 8.16. The summed E-state index contributed by atoms with van der Waals surface area (Å²) in [7, 11) is -3.59. The van der Waals surface area contributed by atoms with Crippen LogP contribution in [-0.4, -0.2) is 53.6 Å². The normalized spacial score (nSPS) is 14.5. The second-order valence-electron chi connectivity index (χ2n) is 7.84. The van der Waals surface area contributed by atoms with Gasteiger partial charge in [-0.2, -0.15) is 17.5 Å². The molecule has 1 aliphatic heterocycles. The second-order valence-corrected chi connectivity index (χ2v) is 12.0. The molecular formula is C22H20F3N5O4S3. The molecular weight excluding hydrogens is 551 g/mol. The van der Waals surface area contributed by atoms with E-state index in [4.69, 9.17) is 0 Å². The summed E-state index contributed by atoms with van der Waals surface area (Å²) in [5, 5.41) is 12.6. The van der Waals surface area contributed by atoms with E-state index in [1.54, 1.807) is 0 Å². The zero-order valence-corrected chi connectivity index (χ0v) is 21.4. The van der Waals surface area contributed by atoms with Crippen molar-refractivity contribution in [1.29, 1.82) is 0 Å². The molecule has 2 amide bonds. The number of hydrogen-bond acceptors (Lipinski definition) is 8. The van der Waals surface area contributed by atoms with Crippen molar-refractivity contribution >= 4 is 55.8 Å². The third-order valence-electron chi connectivity index (χ3n) is 5.28. The summed E-state index contributed by atoms with van der Waals surface area (Å²) in [5.74, 6) is -1.41. The van der Waals surface area contributed by atoms with Gasteiger partial charge in [0.25, 0.3) is 5.91 Å². The first-order valence-electron chi connectivity index (χ1n) is 10.9. The maximum absolute atomic E-state index is 13.1. The Morgan fingerprint density at radius 2 is 1.68 bits per heavy atom. The van der Waals surface area contributed by atoms with E-state index in [9.17, 15) is 31.2 Å². The van der Waals surface area contributed by atoms with Gasteiger partial charge in [0.15, 0.2) is 4.34 Å². The smallest absolute Gasteiger partial charge is 0.325 e. The molecule has 2 N–H and O–H groups in total. The van der Waals surface area contributed by atoms with Crippen molar-refractivity contribution in [2.75, 3.05) is 29.5 Å². The molecule has 0 aliphatic carbocycles. The number of nitrogens with one attached hydrogen (secondary N) is 2.